The number of hydrogen-bond donors (Lipinski definition) is 1. The minimum absolute atomic E-state index is 0.0563. The van der Waals surface area contributed by atoms with Gasteiger partial charge in [-0.25, -0.2) is 0 Å². The SMILES string of the molecule is O=C(CSCc1cccc(C(F)(F)F)c1)Nc1ccccc1OC(F)F. The van der Waals surface area contributed by atoms with Gasteiger partial charge < -0.3 is 10.1 Å². The van der Waals surface area contributed by atoms with Crippen LogP contribution in [-0.2, 0) is 16.7 Å². The zero-order chi connectivity index (χ0) is 19.2. The Morgan fingerprint density at radius 2 is 1.85 bits per heavy atom. The van der Waals surface area contributed by atoms with Crippen LogP contribution < -0.4 is 10.1 Å². The monoisotopic (exact) mass is 391 g/mol. The molecule has 0 aliphatic rings. The molecule has 0 atom stereocenters. The fourth-order valence-corrected chi connectivity index (χ4v) is 2.83. The van der Waals surface area contributed by atoms with Gasteiger partial charge in [0.05, 0.1) is 17.0 Å². The zero-order valence-electron chi connectivity index (χ0n) is 13.2. The van der Waals surface area contributed by atoms with Gasteiger partial charge in [0.2, 0.25) is 5.91 Å². The van der Waals surface area contributed by atoms with E-state index in [-0.39, 0.29) is 22.9 Å². The summed E-state index contributed by atoms with van der Waals surface area (Å²) >= 11 is 1.10. The van der Waals surface area contributed by atoms with Gasteiger partial charge in [-0.2, -0.15) is 22.0 Å². The molecule has 2 aromatic carbocycles. The van der Waals surface area contributed by atoms with Crippen LogP contribution >= 0.6 is 11.8 Å². The smallest absolute Gasteiger partial charge is 0.416 e. The van der Waals surface area contributed by atoms with Crippen molar-refractivity contribution in [3.05, 3.63) is 59.7 Å². The molecule has 0 fully saturated rings. The molecule has 0 aliphatic heterocycles. The molecule has 9 heteroatoms. The average Bonchev–Trinajstić information content (AvgIpc) is 2.56. The number of carbonyl (C=O) groups excluding carboxylic acids is 1. The van der Waals surface area contributed by atoms with E-state index in [9.17, 15) is 26.7 Å². The van der Waals surface area contributed by atoms with E-state index in [1.807, 2.05) is 0 Å². The number of carbonyl (C=O) groups is 1. The molecule has 3 nitrogen and oxygen atoms in total. The van der Waals surface area contributed by atoms with Gasteiger partial charge in [-0.15, -0.1) is 11.8 Å². The predicted octanol–water partition coefficient (Wildman–Crippen LogP) is 5.18. The molecule has 1 N–H and O–H groups in total. The van der Waals surface area contributed by atoms with Crippen LogP contribution in [-0.4, -0.2) is 18.3 Å². The third-order valence-corrected chi connectivity index (χ3v) is 4.14. The van der Waals surface area contributed by atoms with Crippen molar-refractivity contribution in [2.75, 3.05) is 11.1 Å². The first-order valence-electron chi connectivity index (χ1n) is 7.33. The molecular formula is C17H14F5NO2S. The quantitative estimate of drug-likeness (QED) is 0.661. The minimum Gasteiger partial charge on any atom is -0.433 e. The van der Waals surface area contributed by atoms with Gasteiger partial charge in [-0.1, -0.05) is 30.3 Å². The molecule has 0 bridgehead atoms. The largest absolute Gasteiger partial charge is 0.433 e. The number of alkyl halides is 5. The lowest BCUT2D eigenvalue weighted by Crippen LogP contribution is -2.15. The first-order valence-corrected chi connectivity index (χ1v) is 8.49. The Morgan fingerprint density at radius 3 is 2.54 bits per heavy atom. The van der Waals surface area contributed by atoms with Crippen LogP contribution in [0.1, 0.15) is 11.1 Å². The maximum Gasteiger partial charge on any atom is 0.416 e. The molecular weight excluding hydrogens is 377 g/mol. The number of thioether (sulfide) groups is 1. The summed E-state index contributed by atoms with van der Waals surface area (Å²) in [6, 6.07) is 10.6. The van der Waals surface area contributed by atoms with Crippen molar-refractivity contribution in [3.8, 4) is 5.75 Å². The number of ether oxygens (including phenoxy) is 1. The number of halogens is 5. The topological polar surface area (TPSA) is 38.3 Å². The number of rotatable bonds is 7. The van der Waals surface area contributed by atoms with Crippen LogP contribution in [0.5, 0.6) is 5.75 Å². The van der Waals surface area contributed by atoms with Crippen LogP contribution in [0.2, 0.25) is 0 Å². The highest BCUT2D eigenvalue weighted by atomic mass is 32.2. The Morgan fingerprint density at radius 1 is 1.12 bits per heavy atom. The van der Waals surface area contributed by atoms with Gasteiger partial charge in [-0.3, -0.25) is 4.79 Å². The Labute approximate surface area is 150 Å². The molecule has 0 radical (unpaired) electrons. The number of amides is 1. The van der Waals surface area contributed by atoms with Crippen molar-refractivity contribution in [2.45, 2.75) is 18.5 Å². The van der Waals surface area contributed by atoms with E-state index in [1.54, 1.807) is 6.07 Å². The highest BCUT2D eigenvalue weighted by molar-refractivity contribution is 7.99. The normalized spacial score (nSPS) is 11.5. The molecule has 2 rings (SSSR count). The number of para-hydroxylation sites is 2. The highest BCUT2D eigenvalue weighted by Crippen LogP contribution is 2.30. The van der Waals surface area contributed by atoms with Crippen LogP contribution in [0.3, 0.4) is 0 Å². The summed E-state index contributed by atoms with van der Waals surface area (Å²) in [7, 11) is 0. The number of anilines is 1. The molecule has 0 saturated heterocycles. The van der Waals surface area contributed by atoms with Gasteiger partial charge in [-0.05, 0) is 23.8 Å². The first-order chi connectivity index (χ1) is 12.3. The minimum atomic E-state index is -4.42. The number of hydrogen-bond acceptors (Lipinski definition) is 3. The lowest BCUT2D eigenvalue weighted by Gasteiger charge is -2.11. The Bertz CT molecular complexity index is 752. The zero-order valence-corrected chi connectivity index (χ0v) is 14.0. The molecule has 0 aromatic heterocycles. The van der Waals surface area contributed by atoms with E-state index >= 15 is 0 Å². The van der Waals surface area contributed by atoms with E-state index in [2.05, 4.69) is 10.1 Å². The summed E-state index contributed by atoms with van der Waals surface area (Å²) < 4.78 is 66.9. The van der Waals surface area contributed by atoms with E-state index in [1.165, 1.54) is 30.3 Å². The van der Waals surface area contributed by atoms with Crippen LogP contribution in [0, 0.1) is 0 Å². The Balaban J connectivity index is 1.88. The number of nitrogens with one attached hydrogen (secondary N) is 1. The van der Waals surface area contributed by atoms with E-state index in [0.717, 1.165) is 23.9 Å². The van der Waals surface area contributed by atoms with Gasteiger partial charge in [0, 0.05) is 5.75 Å². The summed E-state index contributed by atoms with van der Waals surface area (Å²) in [5, 5.41) is 2.44. The molecule has 0 aliphatic carbocycles. The van der Waals surface area contributed by atoms with Crippen molar-refractivity contribution in [1.29, 1.82) is 0 Å². The molecule has 26 heavy (non-hydrogen) atoms. The molecule has 0 saturated carbocycles. The predicted molar refractivity (Wildman–Crippen MR) is 89.3 cm³/mol. The Kier molecular flexibility index (Phi) is 6.84. The molecule has 2 aromatic rings. The summed E-state index contributed by atoms with van der Waals surface area (Å²) in [6.45, 7) is -3.02. The fourth-order valence-electron chi connectivity index (χ4n) is 2.05. The van der Waals surface area contributed by atoms with Gasteiger partial charge >= 0.3 is 12.8 Å². The summed E-state index contributed by atoms with van der Waals surface area (Å²) in [5.41, 5.74) is -0.227. The second kappa shape index (κ2) is 8.88. The van der Waals surface area contributed by atoms with E-state index in [0.29, 0.717) is 5.56 Å². The van der Waals surface area contributed by atoms with Crippen molar-refractivity contribution in [3.63, 3.8) is 0 Å². The average molecular weight is 391 g/mol. The fraction of sp³-hybridized carbons (Fsp3) is 0.235. The van der Waals surface area contributed by atoms with Gasteiger partial charge in [0.1, 0.15) is 5.75 Å². The van der Waals surface area contributed by atoms with Gasteiger partial charge in [0.15, 0.2) is 0 Å². The molecule has 1 amide bonds. The lowest BCUT2D eigenvalue weighted by molar-refractivity contribution is -0.137. The molecule has 140 valence electrons. The second-order valence-electron chi connectivity index (χ2n) is 5.11. The van der Waals surface area contributed by atoms with Crippen molar-refractivity contribution < 1.29 is 31.5 Å². The number of benzene rings is 2. The lowest BCUT2D eigenvalue weighted by atomic mass is 10.1. The van der Waals surface area contributed by atoms with Crippen molar-refractivity contribution in [1.82, 2.24) is 0 Å². The van der Waals surface area contributed by atoms with Crippen molar-refractivity contribution in [2.24, 2.45) is 0 Å². The van der Waals surface area contributed by atoms with Crippen LogP contribution in [0.4, 0.5) is 27.6 Å². The summed E-state index contributed by atoms with van der Waals surface area (Å²) in [5.74, 6) is -0.503. The maximum absolute atomic E-state index is 12.7. The highest BCUT2D eigenvalue weighted by Gasteiger charge is 2.30. The maximum atomic E-state index is 12.7. The molecule has 0 spiro atoms. The molecule has 0 heterocycles. The van der Waals surface area contributed by atoms with E-state index < -0.39 is 24.3 Å². The molecule has 0 unspecified atom stereocenters. The second-order valence-corrected chi connectivity index (χ2v) is 6.10. The summed E-state index contributed by atoms with van der Waals surface area (Å²) in [6.07, 6.45) is -4.42. The van der Waals surface area contributed by atoms with Crippen LogP contribution in [0.15, 0.2) is 48.5 Å². The Hall–Kier alpha value is -2.29. The third kappa shape index (κ3) is 6.21. The van der Waals surface area contributed by atoms with E-state index in [4.69, 9.17) is 0 Å². The first kappa shape index (κ1) is 20.0. The standard InChI is InChI=1S/C17H14F5NO2S/c18-16(19)25-14-7-2-1-6-13(14)23-15(24)10-26-9-11-4-3-5-12(8-11)17(20,21)22/h1-8,16H,9-10H2,(H,23,24). The van der Waals surface area contributed by atoms with Crippen LogP contribution in [0.25, 0.3) is 0 Å². The van der Waals surface area contributed by atoms with Crippen molar-refractivity contribution >= 4 is 23.4 Å². The van der Waals surface area contributed by atoms with Gasteiger partial charge in [0.25, 0.3) is 0 Å². The third-order valence-electron chi connectivity index (χ3n) is 3.13. The summed E-state index contributed by atoms with van der Waals surface area (Å²) in [4.78, 5) is 11.9.